The second-order valence-corrected chi connectivity index (χ2v) is 9.00. The van der Waals surface area contributed by atoms with Crippen molar-refractivity contribution in [2.24, 2.45) is 7.05 Å². The highest BCUT2D eigenvalue weighted by atomic mass is 79.9. The fourth-order valence-electron chi connectivity index (χ4n) is 2.16. The monoisotopic (exact) mass is 438 g/mol. The molecule has 5 nitrogen and oxygen atoms in total. The second kappa shape index (κ2) is 6.19. The predicted molar refractivity (Wildman–Crippen MR) is 89.3 cm³/mol. The van der Waals surface area contributed by atoms with Crippen molar-refractivity contribution in [3.8, 4) is 11.5 Å². The van der Waals surface area contributed by atoms with Crippen molar-refractivity contribution in [1.82, 2.24) is 19.5 Å². The maximum atomic E-state index is 12.8. The van der Waals surface area contributed by atoms with Crippen molar-refractivity contribution < 1.29 is 17.4 Å². The summed E-state index contributed by atoms with van der Waals surface area (Å²) in [7, 11) is 0.405. The summed E-state index contributed by atoms with van der Waals surface area (Å²) in [5.41, 5.74) is -0.00156. The maximum Gasteiger partial charge on any atom is 0.433 e. The Labute approximate surface area is 149 Å². The highest BCUT2D eigenvalue weighted by Gasteiger charge is 2.33. The van der Waals surface area contributed by atoms with E-state index in [0.717, 1.165) is 12.3 Å². The van der Waals surface area contributed by atoms with Crippen LogP contribution in [0, 0.1) is 0 Å². The molecule has 0 aliphatic heterocycles. The van der Waals surface area contributed by atoms with Crippen LogP contribution >= 0.6 is 27.3 Å². The van der Waals surface area contributed by atoms with Crippen LogP contribution in [0.5, 0.6) is 0 Å². The summed E-state index contributed by atoms with van der Waals surface area (Å²) < 4.78 is 53.3. The first-order valence-electron chi connectivity index (χ1n) is 6.67. The maximum absolute atomic E-state index is 12.8. The molecule has 3 rings (SSSR count). The average Bonchev–Trinajstić information content (AvgIpc) is 3.06. The van der Waals surface area contributed by atoms with Gasteiger partial charge in [-0.3, -0.25) is 4.21 Å². The lowest BCUT2D eigenvalue weighted by Crippen LogP contribution is -2.07. The Morgan fingerprint density at radius 2 is 2.08 bits per heavy atom. The Morgan fingerprint density at radius 3 is 2.71 bits per heavy atom. The summed E-state index contributed by atoms with van der Waals surface area (Å²) >= 11 is 4.48. The zero-order chi connectivity index (χ0) is 17.6. The summed E-state index contributed by atoms with van der Waals surface area (Å²) in [4.78, 5) is 12.0. The number of rotatable bonds is 3. The number of thiazole rings is 1. The molecule has 0 N–H and O–H groups in total. The van der Waals surface area contributed by atoms with Crippen LogP contribution in [0.3, 0.4) is 0 Å². The van der Waals surface area contributed by atoms with E-state index in [1.807, 2.05) is 0 Å². The van der Waals surface area contributed by atoms with Gasteiger partial charge in [0.1, 0.15) is 15.6 Å². The van der Waals surface area contributed by atoms with E-state index in [9.17, 15) is 17.4 Å². The molecule has 3 aromatic rings. The number of aromatic nitrogens is 4. The first-order chi connectivity index (χ1) is 11.2. The lowest BCUT2D eigenvalue weighted by Gasteiger charge is -2.04. The van der Waals surface area contributed by atoms with Crippen molar-refractivity contribution in [2.45, 2.75) is 17.3 Å². The Kier molecular flexibility index (Phi) is 4.51. The number of alkyl halides is 3. The molecule has 0 fully saturated rings. The van der Waals surface area contributed by atoms with E-state index in [0.29, 0.717) is 30.9 Å². The molecule has 24 heavy (non-hydrogen) atoms. The van der Waals surface area contributed by atoms with E-state index in [1.54, 1.807) is 18.5 Å². The molecular formula is C13H10BrF3N4OS2. The van der Waals surface area contributed by atoms with Gasteiger partial charge >= 0.3 is 6.18 Å². The van der Waals surface area contributed by atoms with Gasteiger partial charge in [-0.05, 0) is 22.0 Å². The number of hydrogen-bond donors (Lipinski definition) is 0. The molecule has 1 atom stereocenters. The zero-order valence-electron chi connectivity index (χ0n) is 12.4. The van der Waals surface area contributed by atoms with Gasteiger partial charge in [0.2, 0.25) is 0 Å². The number of pyridine rings is 1. The van der Waals surface area contributed by atoms with Crippen LogP contribution in [0.25, 0.3) is 22.6 Å². The minimum atomic E-state index is -4.54. The van der Waals surface area contributed by atoms with E-state index in [4.69, 9.17) is 0 Å². The molecule has 1 unspecified atom stereocenters. The van der Waals surface area contributed by atoms with Gasteiger partial charge in [-0.2, -0.15) is 13.2 Å². The van der Waals surface area contributed by atoms with Crippen LogP contribution in [-0.4, -0.2) is 29.5 Å². The van der Waals surface area contributed by atoms with E-state index in [-0.39, 0.29) is 5.52 Å². The van der Waals surface area contributed by atoms with E-state index in [1.165, 1.54) is 11.3 Å². The van der Waals surface area contributed by atoms with Crippen molar-refractivity contribution in [3.05, 3.63) is 21.9 Å². The first-order valence-corrected chi connectivity index (χ1v) is 9.60. The van der Waals surface area contributed by atoms with Gasteiger partial charge in [-0.25, -0.2) is 15.0 Å². The van der Waals surface area contributed by atoms with Crippen LogP contribution in [0.15, 0.2) is 20.4 Å². The molecule has 0 aromatic carbocycles. The van der Waals surface area contributed by atoms with Gasteiger partial charge in [-0.1, -0.05) is 18.3 Å². The third kappa shape index (κ3) is 3.00. The molecule has 0 radical (unpaired) electrons. The quantitative estimate of drug-likeness (QED) is 0.619. The Balaban J connectivity index is 2.21. The van der Waals surface area contributed by atoms with Gasteiger partial charge in [0.25, 0.3) is 0 Å². The Bertz CT molecular complexity index is 951. The summed E-state index contributed by atoms with van der Waals surface area (Å²) in [6.07, 6.45) is -3.41. The normalized spacial score (nSPS) is 13.6. The lowest BCUT2D eigenvalue weighted by molar-refractivity contribution is -0.141. The molecule has 0 bridgehead atoms. The number of hydrogen-bond acceptors (Lipinski definition) is 5. The van der Waals surface area contributed by atoms with Crippen LogP contribution < -0.4 is 0 Å². The van der Waals surface area contributed by atoms with Gasteiger partial charge in [-0.15, -0.1) is 0 Å². The molecule has 0 aliphatic rings. The molecule has 0 saturated carbocycles. The minimum Gasteiger partial charge on any atom is -0.324 e. The smallest absolute Gasteiger partial charge is 0.324 e. The van der Waals surface area contributed by atoms with Crippen LogP contribution in [-0.2, 0) is 24.0 Å². The van der Waals surface area contributed by atoms with Crippen LogP contribution in [0.1, 0.15) is 12.6 Å². The molecule has 3 aromatic heterocycles. The fourth-order valence-corrected chi connectivity index (χ4v) is 5.25. The molecule has 128 valence electrons. The molecule has 11 heteroatoms. The van der Waals surface area contributed by atoms with Crippen molar-refractivity contribution in [2.75, 3.05) is 5.75 Å². The molecular weight excluding hydrogens is 429 g/mol. The van der Waals surface area contributed by atoms with Crippen molar-refractivity contribution in [3.63, 3.8) is 0 Å². The molecule has 0 aliphatic carbocycles. The SMILES string of the molecule is CCS(=O)c1sc(Br)nc1-c1nc2cc(C(F)(F)F)ncc2n1C. The second-order valence-electron chi connectivity index (χ2n) is 4.79. The zero-order valence-corrected chi connectivity index (χ0v) is 15.6. The number of fused-ring (bicyclic) bond motifs is 1. The van der Waals surface area contributed by atoms with Crippen molar-refractivity contribution in [1.29, 1.82) is 0 Å². The van der Waals surface area contributed by atoms with E-state index < -0.39 is 22.7 Å². The summed E-state index contributed by atoms with van der Waals surface area (Å²) in [6, 6.07) is 0.900. The van der Waals surface area contributed by atoms with Crippen LogP contribution in [0.2, 0.25) is 0 Å². The summed E-state index contributed by atoms with van der Waals surface area (Å²) in [5, 5.41) is 0. The third-order valence-electron chi connectivity index (χ3n) is 3.31. The topological polar surface area (TPSA) is 60.7 Å². The van der Waals surface area contributed by atoms with Gasteiger partial charge in [0.15, 0.2) is 9.74 Å². The average molecular weight is 439 g/mol. The number of nitrogens with zero attached hydrogens (tertiary/aromatic N) is 4. The summed E-state index contributed by atoms with van der Waals surface area (Å²) in [5.74, 6) is 0.760. The first kappa shape index (κ1) is 17.5. The van der Waals surface area contributed by atoms with Crippen molar-refractivity contribution >= 4 is 49.1 Å². The Hall–Kier alpha value is -1.33. The number of halogens is 4. The highest BCUT2D eigenvalue weighted by molar-refractivity contribution is 9.11. The van der Waals surface area contributed by atoms with E-state index >= 15 is 0 Å². The molecule has 0 amide bonds. The third-order valence-corrected chi connectivity index (χ3v) is 6.55. The van der Waals surface area contributed by atoms with Gasteiger partial charge in [0, 0.05) is 12.8 Å². The fraction of sp³-hybridized carbons (Fsp3) is 0.308. The Morgan fingerprint density at radius 1 is 1.38 bits per heavy atom. The molecule has 0 saturated heterocycles. The van der Waals surface area contributed by atoms with Gasteiger partial charge in [0.05, 0.1) is 28.0 Å². The highest BCUT2D eigenvalue weighted by Crippen LogP contribution is 2.35. The number of imidazole rings is 1. The van der Waals surface area contributed by atoms with Gasteiger partial charge < -0.3 is 4.57 Å². The minimum absolute atomic E-state index is 0.159. The van der Waals surface area contributed by atoms with Crippen LogP contribution in [0.4, 0.5) is 13.2 Å². The predicted octanol–water partition coefficient (Wildman–Crippen LogP) is 4.00. The summed E-state index contributed by atoms with van der Waals surface area (Å²) in [6.45, 7) is 1.78. The lowest BCUT2D eigenvalue weighted by atomic mass is 10.3. The number of aryl methyl sites for hydroxylation is 1. The largest absolute Gasteiger partial charge is 0.433 e. The molecule has 0 spiro atoms. The molecule has 3 heterocycles. The standard InChI is InChI=1S/C13H10BrF3N4OS2/c1-3-24(22)11-9(20-12(14)23-11)10-19-6-4-8(13(15,16)17)18-5-7(6)21(10)2/h4-5H,3H2,1-2H3. The van der Waals surface area contributed by atoms with E-state index in [2.05, 4.69) is 30.9 Å².